The first-order chi connectivity index (χ1) is 7.68. The van der Waals surface area contributed by atoms with Crippen LogP contribution in [0.4, 0.5) is 5.82 Å². The van der Waals surface area contributed by atoms with Crippen LogP contribution in [0.1, 0.15) is 38.4 Å². The van der Waals surface area contributed by atoms with Gasteiger partial charge in [0.1, 0.15) is 5.82 Å². The molecule has 1 fully saturated rings. The number of anilines is 1. The zero-order valence-corrected chi connectivity index (χ0v) is 10.1. The summed E-state index contributed by atoms with van der Waals surface area (Å²) in [5, 5.41) is 9.72. The van der Waals surface area contributed by atoms with Crippen LogP contribution in [0.2, 0.25) is 0 Å². The monoisotopic (exact) mass is 220 g/mol. The lowest BCUT2D eigenvalue weighted by molar-refractivity contribution is 0.199. The van der Waals surface area contributed by atoms with Crippen LogP contribution >= 0.6 is 0 Å². The van der Waals surface area contributed by atoms with Crippen molar-refractivity contribution >= 4 is 5.82 Å². The van der Waals surface area contributed by atoms with E-state index in [1.165, 1.54) is 12.8 Å². The van der Waals surface area contributed by atoms with Crippen molar-refractivity contribution in [1.29, 1.82) is 0 Å². The number of aromatic nitrogens is 1. The zero-order chi connectivity index (χ0) is 11.5. The number of hydrogen-bond donors (Lipinski definition) is 1. The maximum Gasteiger partial charge on any atom is 0.134 e. The van der Waals surface area contributed by atoms with E-state index in [-0.39, 0.29) is 0 Å². The zero-order valence-electron chi connectivity index (χ0n) is 10.1. The quantitative estimate of drug-likeness (QED) is 0.831. The van der Waals surface area contributed by atoms with E-state index in [1.54, 1.807) is 13.1 Å². The van der Waals surface area contributed by atoms with Gasteiger partial charge in [-0.25, -0.2) is 4.98 Å². The smallest absolute Gasteiger partial charge is 0.134 e. The van der Waals surface area contributed by atoms with E-state index in [1.807, 2.05) is 12.1 Å². The van der Waals surface area contributed by atoms with Crippen LogP contribution in [0.15, 0.2) is 18.3 Å². The molecule has 0 saturated carbocycles. The van der Waals surface area contributed by atoms with Crippen molar-refractivity contribution < 1.29 is 5.11 Å². The molecular formula is C13H20N2O. The highest BCUT2D eigenvalue weighted by Gasteiger charge is 2.20. The molecule has 1 aliphatic heterocycles. The average Bonchev–Trinajstić information content (AvgIpc) is 2.30. The number of hydrogen-bond acceptors (Lipinski definition) is 3. The van der Waals surface area contributed by atoms with Crippen molar-refractivity contribution in [2.75, 3.05) is 18.0 Å². The minimum absolute atomic E-state index is 0.442. The van der Waals surface area contributed by atoms with Gasteiger partial charge in [0.25, 0.3) is 0 Å². The molecule has 1 N–H and O–H groups in total. The molecule has 1 aliphatic rings. The van der Waals surface area contributed by atoms with Crippen LogP contribution in [0.5, 0.6) is 0 Å². The van der Waals surface area contributed by atoms with Crippen molar-refractivity contribution in [2.45, 2.75) is 32.8 Å². The van der Waals surface area contributed by atoms with Crippen LogP contribution in [0.3, 0.4) is 0 Å². The molecule has 0 amide bonds. The van der Waals surface area contributed by atoms with Crippen molar-refractivity contribution in [1.82, 2.24) is 4.98 Å². The molecule has 1 unspecified atom stereocenters. The number of aliphatic hydroxyl groups excluding tert-OH is 1. The lowest BCUT2D eigenvalue weighted by Gasteiger charge is -2.32. The number of rotatable bonds is 2. The summed E-state index contributed by atoms with van der Waals surface area (Å²) in [6.07, 6.45) is 3.80. The molecular weight excluding hydrogens is 200 g/mol. The van der Waals surface area contributed by atoms with Crippen LogP contribution in [0.25, 0.3) is 0 Å². The van der Waals surface area contributed by atoms with E-state index in [0.717, 1.165) is 30.4 Å². The van der Waals surface area contributed by atoms with Gasteiger partial charge >= 0.3 is 0 Å². The molecule has 3 heteroatoms. The predicted molar refractivity (Wildman–Crippen MR) is 65.5 cm³/mol. The Bertz CT molecular complexity index is 344. The summed E-state index contributed by atoms with van der Waals surface area (Å²) in [7, 11) is 0. The van der Waals surface area contributed by atoms with Gasteiger partial charge in [-0.05, 0) is 31.7 Å². The molecule has 88 valence electrons. The summed E-state index contributed by atoms with van der Waals surface area (Å²) >= 11 is 0. The SMILES string of the molecule is CC1CCN(c2ncccc2C(C)O)CC1. The van der Waals surface area contributed by atoms with Crippen molar-refractivity contribution in [3.8, 4) is 0 Å². The number of pyridine rings is 1. The van der Waals surface area contributed by atoms with E-state index in [2.05, 4.69) is 16.8 Å². The molecule has 1 atom stereocenters. The molecule has 2 rings (SSSR count). The number of nitrogens with zero attached hydrogens (tertiary/aromatic N) is 2. The van der Waals surface area contributed by atoms with Gasteiger partial charge in [-0.3, -0.25) is 0 Å². The maximum atomic E-state index is 9.72. The molecule has 0 bridgehead atoms. The van der Waals surface area contributed by atoms with Crippen LogP contribution < -0.4 is 4.90 Å². The molecule has 1 aromatic rings. The summed E-state index contributed by atoms with van der Waals surface area (Å²) in [6.45, 7) is 6.20. The summed E-state index contributed by atoms with van der Waals surface area (Å²) in [5.74, 6) is 1.78. The Morgan fingerprint density at radius 2 is 2.12 bits per heavy atom. The van der Waals surface area contributed by atoms with Crippen molar-refractivity contribution in [2.24, 2.45) is 5.92 Å². The lowest BCUT2D eigenvalue weighted by atomic mass is 9.98. The molecule has 0 aromatic carbocycles. The second-order valence-electron chi connectivity index (χ2n) is 4.76. The highest BCUT2D eigenvalue weighted by molar-refractivity contribution is 5.48. The summed E-state index contributed by atoms with van der Waals surface area (Å²) in [6, 6.07) is 3.85. The third-order valence-electron chi connectivity index (χ3n) is 3.35. The fourth-order valence-corrected chi connectivity index (χ4v) is 2.22. The van der Waals surface area contributed by atoms with Crippen molar-refractivity contribution in [3.05, 3.63) is 23.9 Å². The predicted octanol–water partition coefficient (Wildman–Crippen LogP) is 2.37. The van der Waals surface area contributed by atoms with Crippen LogP contribution in [-0.4, -0.2) is 23.2 Å². The van der Waals surface area contributed by atoms with Crippen LogP contribution in [-0.2, 0) is 0 Å². The van der Waals surface area contributed by atoms with E-state index in [4.69, 9.17) is 0 Å². The van der Waals surface area contributed by atoms with Gasteiger partial charge in [0.05, 0.1) is 6.10 Å². The highest BCUT2D eigenvalue weighted by Crippen LogP contribution is 2.27. The molecule has 0 aliphatic carbocycles. The van der Waals surface area contributed by atoms with E-state index >= 15 is 0 Å². The van der Waals surface area contributed by atoms with E-state index in [0.29, 0.717) is 0 Å². The van der Waals surface area contributed by atoms with Gasteiger partial charge in [0.15, 0.2) is 0 Å². The fourth-order valence-electron chi connectivity index (χ4n) is 2.22. The van der Waals surface area contributed by atoms with E-state index in [9.17, 15) is 5.11 Å². The molecule has 1 saturated heterocycles. The second kappa shape index (κ2) is 4.83. The van der Waals surface area contributed by atoms with Crippen molar-refractivity contribution in [3.63, 3.8) is 0 Å². The normalized spacial score (nSPS) is 19.8. The van der Waals surface area contributed by atoms with Gasteiger partial charge < -0.3 is 10.0 Å². The molecule has 0 spiro atoms. The molecule has 1 aromatic heterocycles. The molecule has 3 nitrogen and oxygen atoms in total. The minimum Gasteiger partial charge on any atom is -0.389 e. The average molecular weight is 220 g/mol. The Morgan fingerprint density at radius 1 is 1.44 bits per heavy atom. The summed E-state index contributed by atoms with van der Waals surface area (Å²) < 4.78 is 0. The fraction of sp³-hybridized carbons (Fsp3) is 0.615. The number of aliphatic hydroxyl groups is 1. The van der Waals surface area contributed by atoms with Gasteiger partial charge in [-0.2, -0.15) is 0 Å². The third-order valence-corrected chi connectivity index (χ3v) is 3.35. The van der Waals surface area contributed by atoms with Gasteiger partial charge in [0.2, 0.25) is 0 Å². The Kier molecular flexibility index (Phi) is 3.44. The van der Waals surface area contributed by atoms with Gasteiger partial charge in [-0.1, -0.05) is 13.0 Å². The summed E-state index contributed by atoms with van der Waals surface area (Å²) in [4.78, 5) is 6.71. The van der Waals surface area contributed by atoms with E-state index < -0.39 is 6.10 Å². The highest BCUT2D eigenvalue weighted by atomic mass is 16.3. The Morgan fingerprint density at radius 3 is 2.75 bits per heavy atom. The largest absolute Gasteiger partial charge is 0.389 e. The second-order valence-corrected chi connectivity index (χ2v) is 4.76. The van der Waals surface area contributed by atoms with Gasteiger partial charge in [0, 0.05) is 24.8 Å². The molecule has 2 heterocycles. The summed E-state index contributed by atoms with van der Waals surface area (Å²) in [5.41, 5.74) is 0.942. The first-order valence-electron chi connectivity index (χ1n) is 6.06. The first-order valence-corrected chi connectivity index (χ1v) is 6.06. The first kappa shape index (κ1) is 11.4. The Hall–Kier alpha value is -1.09. The lowest BCUT2D eigenvalue weighted by Crippen LogP contribution is -2.34. The standard InChI is InChI=1S/C13H20N2O/c1-10-5-8-15(9-6-10)13-12(11(2)16)4-3-7-14-13/h3-4,7,10-11,16H,5-6,8-9H2,1-2H3. The third kappa shape index (κ3) is 2.35. The maximum absolute atomic E-state index is 9.72. The van der Waals surface area contributed by atoms with Crippen LogP contribution in [0, 0.1) is 5.92 Å². The molecule has 0 radical (unpaired) electrons. The number of piperidine rings is 1. The molecule has 16 heavy (non-hydrogen) atoms. The Labute approximate surface area is 97.1 Å². The van der Waals surface area contributed by atoms with Gasteiger partial charge in [-0.15, -0.1) is 0 Å². The minimum atomic E-state index is -0.442. The topological polar surface area (TPSA) is 36.4 Å². The Balaban J connectivity index is 2.19.